The summed E-state index contributed by atoms with van der Waals surface area (Å²) in [6, 6.07) is 3.64. The van der Waals surface area contributed by atoms with Crippen LogP contribution in [0, 0.1) is 0 Å². The van der Waals surface area contributed by atoms with Gasteiger partial charge in [0.05, 0.1) is 31.6 Å². The topological polar surface area (TPSA) is 118 Å². The van der Waals surface area contributed by atoms with Crippen LogP contribution in [-0.2, 0) is 4.79 Å². The predicted molar refractivity (Wildman–Crippen MR) is 89.3 cm³/mol. The van der Waals surface area contributed by atoms with E-state index in [4.69, 9.17) is 19.4 Å². The second-order valence-corrected chi connectivity index (χ2v) is 4.75. The van der Waals surface area contributed by atoms with Gasteiger partial charge in [-0.25, -0.2) is 4.99 Å². The van der Waals surface area contributed by atoms with Crippen molar-refractivity contribution in [2.45, 2.75) is 13.3 Å². The lowest BCUT2D eigenvalue weighted by atomic mass is 10.2. The molecule has 0 saturated heterocycles. The molecule has 0 atom stereocenters. The Morgan fingerprint density at radius 1 is 1.29 bits per heavy atom. The second-order valence-electron chi connectivity index (χ2n) is 4.75. The first kappa shape index (κ1) is 17.1. The van der Waals surface area contributed by atoms with Gasteiger partial charge in [-0.05, 0) is 13.0 Å². The summed E-state index contributed by atoms with van der Waals surface area (Å²) in [6.07, 6.45) is 2.33. The Bertz CT molecular complexity index is 804. The molecule has 0 saturated carbocycles. The SMILES string of the molecule is COc1cc2nncc(N=C3CC(C)=NN3)c2cc1OC.O=CO. The van der Waals surface area contributed by atoms with Crippen molar-refractivity contribution < 1.29 is 19.4 Å². The average molecular weight is 331 g/mol. The maximum absolute atomic E-state index is 8.36. The Morgan fingerprint density at radius 3 is 2.54 bits per heavy atom. The summed E-state index contributed by atoms with van der Waals surface area (Å²) in [7, 11) is 3.18. The summed E-state index contributed by atoms with van der Waals surface area (Å²) in [5.74, 6) is 2.03. The standard InChI is InChI=1S/C14H15N5O2.CH2O2/c1-8-4-14(19-17-8)16-11-7-15-18-10-6-13(21-3)12(20-2)5-9(10)11;2-1-3/h5-7H,4H2,1-3H3,(H,16,18,19);1H,(H,2,3). The van der Waals surface area contributed by atoms with E-state index in [1.165, 1.54) is 0 Å². The number of nitrogens with one attached hydrogen (secondary N) is 1. The molecular formula is C15H17N5O4. The number of benzene rings is 1. The quantitative estimate of drug-likeness (QED) is 0.822. The summed E-state index contributed by atoms with van der Waals surface area (Å²) in [6.45, 7) is 1.70. The van der Waals surface area contributed by atoms with Crippen molar-refractivity contribution in [2.75, 3.05) is 14.2 Å². The van der Waals surface area contributed by atoms with Crippen LogP contribution in [-0.4, -0.2) is 47.5 Å². The highest BCUT2D eigenvalue weighted by atomic mass is 16.5. The first-order valence-electron chi connectivity index (χ1n) is 6.95. The summed E-state index contributed by atoms with van der Waals surface area (Å²) >= 11 is 0. The van der Waals surface area contributed by atoms with Crippen LogP contribution >= 0.6 is 0 Å². The third-order valence-electron chi connectivity index (χ3n) is 3.18. The number of hydrogen-bond donors (Lipinski definition) is 2. The lowest BCUT2D eigenvalue weighted by molar-refractivity contribution is -0.122. The molecule has 2 heterocycles. The summed E-state index contributed by atoms with van der Waals surface area (Å²) in [5.41, 5.74) is 5.32. The van der Waals surface area contributed by atoms with E-state index in [-0.39, 0.29) is 6.47 Å². The minimum atomic E-state index is -0.250. The number of fused-ring (bicyclic) bond motifs is 1. The molecule has 0 radical (unpaired) electrons. The Morgan fingerprint density at radius 2 is 1.96 bits per heavy atom. The molecule has 0 aliphatic carbocycles. The molecule has 9 nitrogen and oxygen atoms in total. The van der Waals surface area contributed by atoms with Crippen LogP contribution in [0.3, 0.4) is 0 Å². The van der Waals surface area contributed by atoms with E-state index in [2.05, 4.69) is 25.7 Å². The molecule has 0 spiro atoms. The van der Waals surface area contributed by atoms with Crippen LogP contribution in [0.25, 0.3) is 10.9 Å². The van der Waals surface area contributed by atoms with Gasteiger partial charge in [-0.2, -0.15) is 15.3 Å². The van der Waals surface area contributed by atoms with Gasteiger partial charge in [0.25, 0.3) is 6.47 Å². The van der Waals surface area contributed by atoms with Gasteiger partial charge >= 0.3 is 0 Å². The molecule has 1 aromatic carbocycles. The minimum absolute atomic E-state index is 0.250. The third-order valence-corrected chi connectivity index (χ3v) is 3.18. The molecule has 126 valence electrons. The van der Waals surface area contributed by atoms with Crippen molar-refractivity contribution in [1.82, 2.24) is 15.6 Å². The zero-order chi connectivity index (χ0) is 17.5. The van der Waals surface area contributed by atoms with Gasteiger partial charge in [-0.3, -0.25) is 10.2 Å². The fourth-order valence-electron chi connectivity index (χ4n) is 2.15. The van der Waals surface area contributed by atoms with E-state index < -0.39 is 0 Å². The Kier molecular flexibility index (Phi) is 5.61. The Hall–Kier alpha value is -3.23. The first-order valence-corrected chi connectivity index (χ1v) is 6.95. The van der Waals surface area contributed by atoms with Crippen LogP contribution in [0.5, 0.6) is 11.5 Å². The zero-order valence-electron chi connectivity index (χ0n) is 13.5. The highest BCUT2D eigenvalue weighted by molar-refractivity contribution is 6.08. The van der Waals surface area contributed by atoms with Crippen LogP contribution in [0.2, 0.25) is 0 Å². The number of hydrogen-bond acceptors (Lipinski definition) is 7. The number of nitrogens with zero attached hydrogens (tertiary/aromatic N) is 4. The second kappa shape index (κ2) is 7.86. The number of rotatable bonds is 3. The Balaban J connectivity index is 0.000000647. The lowest BCUT2D eigenvalue weighted by Gasteiger charge is -2.09. The maximum Gasteiger partial charge on any atom is 0.290 e. The smallest absolute Gasteiger partial charge is 0.290 e. The summed E-state index contributed by atoms with van der Waals surface area (Å²) < 4.78 is 10.6. The molecular weight excluding hydrogens is 314 g/mol. The van der Waals surface area contributed by atoms with Crippen molar-refractivity contribution in [2.24, 2.45) is 10.1 Å². The van der Waals surface area contributed by atoms with Gasteiger partial charge in [0.1, 0.15) is 5.84 Å². The van der Waals surface area contributed by atoms with Gasteiger partial charge in [0.15, 0.2) is 11.5 Å². The molecule has 1 aromatic heterocycles. The number of methoxy groups -OCH3 is 2. The van der Waals surface area contributed by atoms with Gasteiger partial charge < -0.3 is 14.6 Å². The van der Waals surface area contributed by atoms with Crippen molar-refractivity contribution in [3.8, 4) is 11.5 Å². The molecule has 0 amide bonds. The highest BCUT2D eigenvalue weighted by Crippen LogP contribution is 2.35. The highest BCUT2D eigenvalue weighted by Gasteiger charge is 2.13. The zero-order valence-corrected chi connectivity index (χ0v) is 13.5. The van der Waals surface area contributed by atoms with Crippen molar-refractivity contribution in [3.63, 3.8) is 0 Å². The van der Waals surface area contributed by atoms with Gasteiger partial charge in [-0.1, -0.05) is 0 Å². The number of carboxylic acid groups (broad SMARTS) is 1. The molecule has 24 heavy (non-hydrogen) atoms. The largest absolute Gasteiger partial charge is 0.493 e. The lowest BCUT2D eigenvalue weighted by Crippen LogP contribution is -2.10. The van der Waals surface area contributed by atoms with E-state index in [1.807, 2.05) is 13.0 Å². The van der Waals surface area contributed by atoms with Crippen LogP contribution in [0.1, 0.15) is 13.3 Å². The molecule has 0 bridgehead atoms. The van der Waals surface area contributed by atoms with E-state index in [9.17, 15) is 0 Å². The first-order chi connectivity index (χ1) is 11.6. The van der Waals surface area contributed by atoms with Crippen molar-refractivity contribution in [3.05, 3.63) is 18.3 Å². The van der Waals surface area contributed by atoms with E-state index in [1.54, 1.807) is 26.5 Å². The van der Waals surface area contributed by atoms with Crippen molar-refractivity contribution >= 4 is 34.6 Å². The predicted octanol–water partition coefficient (Wildman–Crippen LogP) is 1.75. The van der Waals surface area contributed by atoms with Crippen LogP contribution in [0.4, 0.5) is 5.69 Å². The van der Waals surface area contributed by atoms with Gasteiger partial charge in [0.2, 0.25) is 0 Å². The molecule has 2 N–H and O–H groups in total. The summed E-state index contributed by atoms with van der Waals surface area (Å²) in [4.78, 5) is 12.9. The number of ether oxygens (including phenoxy) is 2. The molecule has 2 aromatic rings. The molecule has 0 unspecified atom stereocenters. The minimum Gasteiger partial charge on any atom is -0.493 e. The van der Waals surface area contributed by atoms with Crippen LogP contribution < -0.4 is 14.9 Å². The molecule has 3 rings (SSSR count). The normalized spacial score (nSPS) is 14.5. The van der Waals surface area contributed by atoms with E-state index in [0.29, 0.717) is 29.1 Å². The third kappa shape index (κ3) is 3.75. The number of aromatic nitrogens is 2. The average Bonchev–Trinajstić information content (AvgIpc) is 2.99. The number of hydrazone groups is 1. The number of carbonyl (C=O) groups is 1. The summed E-state index contributed by atoms with van der Waals surface area (Å²) in [5, 5.41) is 19.9. The number of amidine groups is 1. The van der Waals surface area contributed by atoms with E-state index >= 15 is 0 Å². The molecule has 1 aliphatic heterocycles. The molecule has 0 fully saturated rings. The monoisotopic (exact) mass is 331 g/mol. The van der Waals surface area contributed by atoms with Crippen LogP contribution in [0.15, 0.2) is 28.4 Å². The Labute approximate surface area is 138 Å². The fourth-order valence-corrected chi connectivity index (χ4v) is 2.15. The van der Waals surface area contributed by atoms with Gasteiger partial charge in [-0.15, -0.1) is 0 Å². The molecule has 1 aliphatic rings. The molecule has 9 heteroatoms. The number of aliphatic imine (C=N–C) groups is 1. The van der Waals surface area contributed by atoms with Crippen molar-refractivity contribution in [1.29, 1.82) is 0 Å². The fraction of sp³-hybridized carbons (Fsp3) is 0.267. The maximum atomic E-state index is 8.36. The van der Waals surface area contributed by atoms with E-state index in [0.717, 1.165) is 16.9 Å². The van der Waals surface area contributed by atoms with Gasteiger partial charge in [0, 0.05) is 23.6 Å².